The molecule has 3 atom stereocenters. The fourth-order valence-electron chi connectivity index (χ4n) is 2.80. The quantitative estimate of drug-likeness (QED) is 0.854. The van der Waals surface area contributed by atoms with E-state index in [-0.39, 0.29) is 12.1 Å². The number of rotatable bonds is 5. The van der Waals surface area contributed by atoms with Gasteiger partial charge in [0.25, 0.3) is 0 Å². The van der Waals surface area contributed by atoms with Gasteiger partial charge < -0.3 is 10.4 Å². The van der Waals surface area contributed by atoms with Crippen molar-refractivity contribution in [3.05, 3.63) is 33.8 Å². The molecule has 0 aromatic heterocycles. The van der Waals surface area contributed by atoms with Gasteiger partial charge in [-0.1, -0.05) is 36.2 Å². The van der Waals surface area contributed by atoms with Crippen LogP contribution in [0.2, 0.25) is 10.0 Å². The van der Waals surface area contributed by atoms with Crippen LogP contribution in [0.4, 0.5) is 0 Å². The Balaban J connectivity index is 1.96. The second-order valence-electron chi connectivity index (χ2n) is 5.37. The van der Waals surface area contributed by atoms with Crippen molar-refractivity contribution in [1.82, 2.24) is 5.32 Å². The van der Waals surface area contributed by atoms with Crippen LogP contribution in [-0.4, -0.2) is 17.8 Å². The van der Waals surface area contributed by atoms with Crippen LogP contribution >= 0.6 is 23.2 Å². The normalized spacial score (nSPS) is 24.6. The molecular formula is C15H21Cl2NO. The summed E-state index contributed by atoms with van der Waals surface area (Å²) in [4.78, 5) is 0. The zero-order valence-electron chi connectivity index (χ0n) is 11.2. The van der Waals surface area contributed by atoms with E-state index in [2.05, 4.69) is 12.2 Å². The van der Waals surface area contributed by atoms with E-state index in [0.29, 0.717) is 10.9 Å². The standard InChI is InChI=1S/C15H21Cl2NO/c1-2-15(13-6-4-11(16)8-14(13)17)18-9-10-3-5-12(19)7-10/h4,6,8,10,12,15,18-19H,2-3,5,7,9H2,1H3. The van der Waals surface area contributed by atoms with Gasteiger partial charge in [0.2, 0.25) is 0 Å². The number of hydrogen-bond acceptors (Lipinski definition) is 2. The Bertz CT molecular complexity index is 425. The highest BCUT2D eigenvalue weighted by Crippen LogP contribution is 2.29. The molecule has 2 nitrogen and oxygen atoms in total. The van der Waals surface area contributed by atoms with Crippen LogP contribution in [0.15, 0.2) is 18.2 Å². The highest BCUT2D eigenvalue weighted by molar-refractivity contribution is 6.35. The molecule has 1 fully saturated rings. The predicted octanol–water partition coefficient (Wildman–Crippen LogP) is 4.20. The molecule has 0 heterocycles. The van der Waals surface area contributed by atoms with Crippen molar-refractivity contribution in [1.29, 1.82) is 0 Å². The summed E-state index contributed by atoms with van der Waals surface area (Å²) in [6.07, 6.45) is 3.84. The molecule has 0 aliphatic heterocycles. The third-order valence-corrected chi connectivity index (χ3v) is 4.48. The first-order chi connectivity index (χ1) is 9.10. The molecule has 19 heavy (non-hydrogen) atoms. The van der Waals surface area contributed by atoms with Gasteiger partial charge in [-0.2, -0.15) is 0 Å². The molecule has 0 radical (unpaired) electrons. The summed E-state index contributed by atoms with van der Waals surface area (Å²) in [5, 5.41) is 14.5. The lowest BCUT2D eigenvalue weighted by Gasteiger charge is -2.21. The molecule has 0 saturated heterocycles. The highest BCUT2D eigenvalue weighted by atomic mass is 35.5. The zero-order chi connectivity index (χ0) is 13.8. The molecule has 1 aromatic rings. The van der Waals surface area contributed by atoms with E-state index in [1.807, 2.05) is 12.1 Å². The summed E-state index contributed by atoms with van der Waals surface area (Å²) in [6, 6.07) is 5.92. The Morgan fingerprint density at radius 3 is 2.74 bits per heavy atom. The first-order valence-corrected chi connectivity index (χ1v) is 7.72. The van der Waals surface area contributed by atoms with E-state index in [1.54, 1.807) is 6.07 Å². The third kappa shape index (κ3) is 4.09. The molecule has 3 unspecified atom stereocenters. The number of aliphatic hydroxyl groups is 1. The van der Waals surface area contributed by atoms with Gasteiger partial charge in [-0.05, 0) is 55.8 Å². The van der Waals surface area contributed by atoms with Crippen molar-refractivity contribution in [2.45, 2.75) is 44.8 Å². The zero-order valence-corrected chi connectivity index (χ0v) is 12.7. The molecule has 1 aliphatic carbocycles. The first-order valence-electron chi connectivity index (χ1n) is 6.96. The average Bonchev–Trinajstić information content (AvgIpc) is 2.78. The lowest BCUT2D eigenvalue weighted by molar-refractivity contribution is 0.177. The molecule has 0 bridgehead atoms. The molecule has 1 aromatic carbocycles. The molecule has 1 aliphatic rings. The molecule has 0 amide bonds. The minimum atomic E-state index is -0.106. The second kappa shape index (κ2) is 6.94. The molecule has 2 N–H and O–H groups in total. The van der Waals surface area contributed by atoms with Crippen LogP contribution in [0.1, 0.15) is 44.2 Å². The molecule has 106 valence electrons. The van der Waals surface area contributed by atoms with Gasteiger partial charge in [-0.15, -0.1) is 0 Å². The minimum Gasteiger partial charge on any atom is -0.393 e. The van der Waals surface area contributed by atoms with Crippen molar-refractivity contribution < 1.29 is 5.11 Å². The van der Waals surface area contributed by atoms with Crippen molar-refractivity contribution in [3.8, 4) is 0 Å². The Morgan fingerprint density at radius 1 is 1.37 bits per heavy atom. The summed E-state index contributed by atoms with van der Waals surface area (Å²) in [5.74, 6) is 0.579. The van der Waals surface area contributed by atoms with Gasteiger partial charge in [-0.3, -0.25) is 0 Å². The SMILES string of the molecule is CCC(NCC1CCC(O)C1)c1ccc(Cl)cc1Cl. The fourth-order valence-corrected chi connectivity index (χ4v) is 3.34. The summed E-state index contributed by atoms with van der Waals surface area (Å²) >= 11 is 12.2. The number of aliphatic hydroxyl groups excluding tert-OH is 1. The lowest BCUT2D eigenvalue weighted by atomic mass is 10.0. The van der Waals surface area contributed by atoms with Crippen molar-refractivity contribution in [3.63, 3.8) is 0 Å². The highest BCUT2D eigenvalue weighted by Gasteiger charge is 2.23. The van der Waals surface area contributed by atoms with E-state index < -0.39 is 0 Å². The first kappa shape index (κ1) is 15.1. The van der Waals surface area contributed by atoms with Crippen molar-refractivity contribution in [2.75, 3.05) is 6.54 Å². The van der Waals surface area contributed by atoms with E-state index in [9.17, 15) is 5.11 Å². The Kier molecular flexibility index (Phi) is 5.52. The number of hydrogen-bond donors (Lipinski definition) is 2. The molecule has 2 rings (SSSR count). The Hall–Kier alpha value is -0.280. The van der Waals surface area contributed by atoms with Crippen LogP contribution in [-0.2, 0) is 0 Å². The molecular weight excluding hydrogens is 281 g/mol. The van der Waals surface area contributed by atoms with Crippen LogP contribution < -0.4 is 5.32 Å². The van der Waals surface area contributed by atoms with Crippen LogP contribution in [0.25, 0.3) is 0 Å². The number of benzene rings is 1. The summed E-state index contributed by atoms with van der Waals surface area (Å²) < 4.78 is 0. The summed E-state index contributed by atoms with van der Waals surface area (Å²) in [6.45, 7) is 3.08. The topological polar surface area (TPSA) is 32.3 Å². The maximum atomic E-state index is 9.55. The number of halogens is 2. The Morgan fingerprint density at radius 2 is 2.16 bits per heavy atom. The molecule has 1 saturated carbocycles. The second-order valence-corrected chi connectivity index (χ2v) is 6.21. The maximum Gasteiger partial charge on any atom is 0.0543 e. The van der Waals surface area contributed by atoms with Gasteiger partial charge in [0.1, 0.15) is 0 Å². The van der Waals surface area contributed by atoms with Gasteiger partial charge in [-0.25, -0.2) is 0 Å². The summed E-state index contributed by atoms with van der Waals surface area (Å²) in [5.41, 5.74) is 1.10. The maximum absolute atomic E-state index is 9.55. The van der Waals surface area contributed by atoms with Gasteiger partial charge in [0.15, 0.2) is 0 Å². The molecule has 4 heteroatoms. The monoisotopic (exact) mass is 301 g/mol. The Labute approximate surface area is 125 Å². The van der Waals surface area contributed by atoms with E-state index >= 15 is 0 Å². The fraction of sp³-hybridized carbons (Fsp3) is 0.600. The van der Waals surface area contributed by atoms with E-state index in [4.69, 9.17) is 23.2 Å². The molecule has 0 spiro atoms. The van der Waals surface area contributed by atoms with Crippen molar-refractivity contribution in [2.24, 2.45) is 5.92 Å². The van der Waals surface area contributed by atoms with Gasteiger partial charge >= 0.3 is 0 Å². The minimum absolute atomic E-state index is 0.106. The van der Waals surface area contributed by atoms with Crippen molar-refractivity contribution >= 4 is 23.2 Å². The van der Waals surface area contributed by atoms with Crippen LogP contribution in [0.5, 0.6) is 0 Å². The average molecular weight is 302 g/mol. The summed E-state index contributed by atoms with van der Waals surface area (Å²) in [7, 11) is 0. The number of nitrogens with one attached hydrogen (secondary N) is 1. The van der Waals surface area contributed by atoms with E-state index in [1.165, 1.54) is 0 Å². The van der Waals surface area contributed by atoms with Gasteiger partial charge in [0, 0.05) is 16.1 Å². The van der Waals surface area contributed by atoms with E-state index in [0.717, 1.165) is 42.8 Å². The smallest absolute Gasteiger partial charge is 0.0543 e. The van der Waals surface area contributed by atoms with Crippen LogP contribution in [0.3, 0.4) is 0 Å². The lowest BCUT2D eigenvalue weighted by Crippen LogP contribution is -2.26. The van der Waals surface area contributed by atoms with Gasteiger partial charge in [0.05, 0.1) is 6.10 Å². The largest absolute Gasteiger partial charge is 0.393 e. The van der Waals surface area contributed by atoms with Crippen LogP contribution in [0, 0.1) is 5.92 Å². The predicted molar refractivity (Wildman–Crippen MR) is 80.8 cm³/mol. The third-order valence-electron chi connectivity index (χ3n) is 3.91.